The molecule has 1 aliphatic heterocycles. The molecule has 1 amide bonds. The number of aromatic nitrogens is 2. The number of aliphatic carboxylic acids is 1. The molecular formula is C23H29N7O5S. The molecule has 13 heteroatoms. The van der Waals surface area contributed by atoms with Crippen LogP contribution in [-0.2, 0) is 14.8 Å². The fraction of sp³-hybridized carbons (Fsp3) is 0.348. The van der Waals surface area contributed by atoms with Crippen LogP contribution in [0.2, 0.25) is 0 Å². The second kappa shape index (κ2) is 11.1. The number of hydrogen-bond donors (Lipinski definition) is 7. The summed E-state index contributed by atoms with van der Waals surface area (Å²) in [5.74, 6) is -2.25. The minimum atomic E-state index is -4.28. The van der Waals surface area contributed by atoms with Gasteiger partial charge in [-0.25, -0.2) is 13.2 Å². The Balaban J connectivity index is 1.57. The smallest absolute Gasteiger partial charge is 0.345 e. The molecule has 3 aromatic rings. The number of nitrogens with zero attached hydrogens (tertiary/aromatic N) is 1. The van der Waals surface area contributed by atoms with E-state index in [1.807, 2.05) is 0 Å². The Morgan fingerprint density at radius 2 is 1.81 bits per heavy atom. The summed E-state index contributed by atoms with van der Waals surface area (Å²) in [6, 6.07) is 12.3. The number of carboxylic acids is 1. The number of H-pyrrole nitrogens is 1. The van der Waals surface area contributed by atoms with Gasteiger partial charge in [0.1, 0.15) is 6.29 Å². The molecule has 0 aliphatic carbocycles. The number of carbonyl (C=O) groups is 2. The van der Waals surface area contributed by atoms with Gasteiger partial charge < -0.3 is 10.4 Å². The molecule has 1 aliphatic rings. The van der Waals surface area contributed by atoms with Crippen LogP contribution in [0.4, 0.5) is 0 Å². The van der Waals surface area contributed by atoms with E-state index in [1.165, 1.54) is 36.5 Å². The highest BCUT2D eigenvalue weighted by Crippen LogP contribution is 2.21. The van der Waals surface area contributed by atoms with Gasteiger partial charge in [0.25, 0.3) is 5.91 Å². The molecule has 1 aromatic heterocycles. The lowest BCUT2D eigenvalue weighted by atomic mass is 10.0. The van der Waals surface area contributed by atoms with Crippen molar-refractivity contribution in [3.63, 3.8) is 0 Å². The molecule has 1 saturated heterocycles. The first-order chi connectivity index (χ1) is 17.3. The largest absolute Gasteiger partial charge is 0.478 e. The quantitative estimate of drug-likeness (QED) is 0.132. The summed E-state index contributed by atoms with van der Waals surface area (Å²) in [6.07, 6.45) is 2.13. The molecule has 4 rings (SSSR count). The van der Waals surface area contributed by atoms with Crippen LogP contribution in [0.1, 0.15) is 29.6 Å². The number of carbonyl (C=O) groups excluding carboxylic acids is 1. The van der Waals surface area contributed by atoms with Crippen LogP contribution in [0.15, 0.2) is 59.6 Å². The van der Waals surface area contributed by atoms with Crippen LogP contribution in [0.5, 0.6) is 0 Å². The maximum Gasteiger partial charge on any atom is 0.345 e. The van der Waals surface area contributed by atoms with Crippen molar-refractivity contribution in [2.24, 2.45) is 0 Å². The van der Waals surface area contributed by atoms with Crippen molar-refractivity contribution in [1.29, 1.82) is 0 Å². The number of amides is 1. The molecule has 1 fully saturated rings. The molecule has 2 heterocycles. The van der Waals surface area contributed by atoms with Gasteiger partial charge in [-0.15, -0.1) is 0 Å². The maximum atomic E-state index is 13.3. The first-order valence-electron chi connectivity index (χ1n) is 11.6. The molecule has 1 unspecified atom stereocenters. The minimum Gasteiger partial charge on any atom is -0.478 e. The van der Waals surface area contributed by atoms with Gasteiger partial charge in [-0.05, 0) is 50.1 Å². The number of fused-ring (bicyclic) bond motifs is 1. The van der Waals surface area contributed by atoms with Gasteiger partial charge in [0, 0.05) is 18.5 Å². The monoisotopic (exact) mass is 515 g/mol. The van der Waals surface area contributed by atoms with Crippen LogP contribution < -0.4 is 26.0 Å². The Labute approximate surface area is 208 Å². The fourth-order valence-electron chi connectivity index (χ4n) is 4.07. The Hall–Kier alpha value is -3.36. The Morgan fingerprint density at radius 1 is 1.06 bits per heavy atom. The lowest BCUT2D eigenvalue weighted by molar-refractivity contribution is -0.145. The van der Waals surface area contributed by atoms with Crippen LogP contribution in [0, 0.1) is 0 Å². The minimum absolute atomic E-state index is 0.0269. The number of carboxylic acid groups (broad SMARTS) is 1. The average molecular weight is 516 g/mol. The van der Waals surface area contributed by atoms with E-state index in [1.54, 1.807) is 18.2 Å². The topological polar surface area (TPSA) is 177 Å². The van der Waals surface area contributed by atoms with Gasteiger partial charge in [-0.2, -0.15) is 9.82 Å². The molecule has 12 nitrogen and oxygen atoms in total. The van der Waals surface area contributed by atoms with Gasteiger partial charge >= 0.3 is 5.97 Å². The van der Waals surface area contributed by atoms with Crippen molar-refractivity contribution >= 4 is 32.8 Å². The van der Waals surface area contributed by atoms with E-state index in [0.29, 0.717) is 30.3 Å². The van der Waals surface area contributed by atoms with E-state index >= 15 is 0 Å². The summed E-state index contributed by atoms with van der Waals surface area (Å²) in [5, 5.41) is 29.6. The number of aromatic amines is 1. The van der Waals surface area contributed by atoms with Gasteiger partial charge in [0.05, 0.1) is 22.2 Å². The average Bonchev–Trinajstić information content (AvgIpc) is 3.56. The van der Waals surface area contributed by atoms with Crippen LogP contribution >= 0.6 is 0 Å². The van der Waals surface area contributed by atoms with Crippen LogP contribution in [-0.4, -0.2) is 67.2 Å². The highest BCUT2D eigenvalue weighted by atomic mass is 32.2. The van der Waals surface area contributed by atoms with Gasteiger partial charge in [-0.3, -0.25) is 25.8 Å². The molecule has 7 N–H and O–H groups in total. The SMILES string of the molecule is O=C(NC(CCCCNC1NCCN1)(NS(=O)(=O)c1ccccc1)C(=O)O)c1cccc2[nH]ncc12. The van der Waals surface area contributed by atoms with Crippen molar-refractivity contribution in [1.82, 2.24) is 36.2 Å². The van der Waals surface area contributed by atoms with Crippen molar-refractivity contribution in [3.05, 3.63) is 60.3 Å². The van der Waals surface area contributed by atoms with E-state index in [4.69, 9.17) is 0 Å². The summed E-state index contributed by atoms with van der Waals surface area (Å²) >= 11 is 0. The van der Waals surface area contributed by atoms with E-state index in [0.717, 1.165) is 13.1 Å². The van der Waals surface area contributed by atoms with Crippen molar-refractivity contribution in [2.75, 3.05) is 19.6 Å². The number of sulfonamides is 1. The molecule has 1 atom stereocenters. The third kappa shape index (κ3) is 5.88. The number of benzene rings is 2. The highest BCUT2D eigenvalue weighted by molar-refractivity contribution is 7.89. The summed E-state index contributed by atoms with van der Waals surface area (Å²) in [7, 11) is -4.28. The second-order valence-electron chi connectivity index (χ2n) is 8.47. The van der Waals surface area contributed by atoms with E-state index in [2.05, 4.69) is 36.2 Å². The van der Waals surface area contributed by atoms with Gasteiger partial charge in [0.2, 0.25) is 15.7 Å². The number of unbranched alkanes of at least 4 members (excludes halogenated alkanes) is 1. The van der Waals surface area contributed by atoms with Gasteiger partial charge in [0.15, 0.2) is 0 Å². The standard InChI is InChI=1S/C23H29N7O5S/c31-20(17-9-6-10-19-18(17)15-27-29-19)28-23(21(32)33,11-4-5-12-24-22-25-13-14-26-22)30-36(34,35)16-7-2-1-3-8-16/h1-3,6-10,15,22,24-26,30H,4-5,11-14H2,(H,27,29)(H,28,31)(H,32,33). The number of rotatable bonds is 12. The normalized spacial score (nSPS) is 16.1. The number of hydrogen-bond acceptors (Lipinski definition) is 8. The third-order valence-corrected chi connectivity index (χ3v) is 7.44. The molecule has 0 bridgehead atoms. The molecular weight excluding hydrogens is 486 g/mol. The first-order valence-corrected chi connectivity index (χ1v) is 13.1. The Bertz CT molecular complexity index is 1310. The highest BCUT2D eigenvalue weighted by Gasteiger charge is 2.44. The van der Waals surface area contributed by atoms with Crippen molar-refractivity contribution < 1.29 is 23.1 Å². The molecule has 0 radical (unpaired) electrons. The summed E-state index contributed by atoms with van der Waals surface area (Å²) in [5.41, 5.74) is -1.51. The van der Waals surface area contributed by atoms with Crippen LogP contribution in [0.25, 0.3) is 10.9 Å². The summed E-state index contributed by atoms with van der Waals surface area (Å²) < 4.78 is 28.5. The predicted octanol–water partition coefficient (Wildman–Crippen LogP) is 0.288. The Morgan fingerprint density at radius 3 is 2.53 bits per heavy atom. The zero-order valence-electron chi connectivity index (χ0n) is 19.5. The summed E-state index contributed by atoms with van der Waals surface area (Å²) in [6.45, 7) is 2.25. The zero-order chi connectivity index (χ0) is 25.6. The van der Waals surface area contributed by atoms with Crippen LogP contribution in [0.3, 0.4) is 0 Å². The summed E-state index contributed by atoms with van der Waals surface area (Å²) in [4.78, 5) is 25.8. The van der Waals surface area contributed by atoms with E-state index in [-0.39, 0.29) is 23.2 Å². The molecule has 2 aromatic carbocycles. The predicted molar refractivity (Wildman–Crippen MR) is 132 cm³/mol. The molecule has 36 heavy (non-hydrogen) atoms. The first kappa shape index (κ1) is 25.7. The number of nitrogens with one attached hydrogen (secondary N) is 6. The fourth-order valence-corrected chi connectivity index (χ4v) is 5.40. The maximum absolute atomic E-state index is 13.3. The van der Waals surface area contributed by atoms with Crippen molar-refractivity contribution in [2.45, 2.75) is 36.1 Å². The lowest BCUT2D eigenvalue weighted by Crippen LogP contribution is -2.65. The Kier molecular flexibility index (Phi) is 7.96. The molecule has 0 spiro atoms. The van der Waals surface area contributed by atoms with Crippen molar-refractivity contribution in [3.8, 4) is 0 Å². The second-order valence-corrected chi connectivity index (χ2v) is 10.2. The van der Waals surface area contributed by atoms with E-state index in [9.17, 15) is 23.1 Å². The third-order valence-electron chi connectivity index (χ3n) is 5.93. The zero-order valence-corrected chi connectivity index (χ0v) is 20.3. The van der Waals surface area contributed by atoms with E-state index < -0.39 is 27.6 Å². The molecule has 0 saturated carbocycles. The lowest BCUT2D eigenvalue weighted by Gasteiger charge is -2.31. The molecule has 192 valence electrons. The van der Waals surface area contributed by atoms with Gasteiger partial charge in [-0.1, -0.05) is 24.3 Å².